The van der Waals surface area contributed by atoms with Gasteiger partial charge < -0.3 is 52.0 Å². The smallest absolute Gasteiger partial charge is 0.408 e. The molecule has 10 rings (SSSR count). The number of carbonyl (C=O) groups excluding carboxylic acids is 2. The Balaban J connectivity index is 0.000000178. The molecule has 9 N–H and O–H groups in total. The summed E-state index contributed by atoms with van der Waals surface area (Å²) in [5, 5.41) is 45.8. The molecule has 2 amide bonds. The number of alkyl carbamates (subject to hydrolysis) is 2. The van der Waals surface area contributed by atoms with E-state index in [9.17, 15) is 38.2 Å². The number of aliphatic hydroxyl groups excluding tert-OH is 2. The molecule has 0 aliphatic carbocycles. The third kappa shape index (κ3) is 17.0. The van der Waals surface area contributed by atoms with Gasteiger partial charge in [0.05, 0.1) is 81.4 Å². The maximum Gasteiger partial charge on any atom is 0.408 e. The Labute approximate surface area is 536 Å². The van der Waals surface area contributed by atoms with Gasteiger partial charge in [0.15, 0.2) is 0 Å². The maximum atomic E-state index is 14.2. The van der Waals surface area contributed by atoms with E-state index in [2.05, 4.69) is 41.5 Å². The highest BCUT2D eigenvalue weighted by Gasteiger charge is 2.28. The predicted octanol–water partition coefficient (Wildman–Crippen LogP) is 15.2. The van der Waals surface area contributed by atoms with Crippen LogP contribution in [0.1, 0.15) is 103 Å². The lowest BCUT2D eigenvalue weighted by Crippen LogP contribution is -2.34. The van der Waals surface area contributed by atoms with Crippen molar-refractivity contribution in [2.75, 3.05) is 48.0 Å². The van der Waals surface area contributed by atoms with Crippen LogP contribution in [-0.2, 0) is 9.47 Å². The van der Waals surface area contributed by atoms with Crippen molar-refractivity contribution in [3.05, 3.63) is 197 Å². The van der Waals surface area contributed by atoms with Crippen molar-refractivity contribution in [2.45, 2.75) is 91.6 Å². The number of carbonyl (C=O) groups is 2. The van der Waals surface area contributed by atoms with E-state index in [1.807, 2.05) is 118 Å². The van der Waals surface area contributed by atoms with Crippen LogP contribution in [0.4, 0.5) is 45.8 Å². The number of aromatic nitrogens is 5. The molecule has 0 saturated heterocycles. The first-order valence-corrected chi connectivity index (χ1v) is 29.9. The van der Waals surface area contributed by atoms with E-state index in [0.29, 0.717) is 77.6 Å². The van der Waals surface area contributed by atoms with Crippen molar-refractivity contribution < 1.29 is 42.4 Å². The van der Waals surface area contributed by atoms with Crippen molar-refractivity contribution in [3.63, 3.8) is 0 Å². The molecule has 476 valence electrons. The Kier molecular flexibility index (Phi) is 22.2. The monoisotopic (exact) mass is 1270 g/mol. The van der Waals surface area contributed by atoms with Crippen LogP contribution in [0.15, 0.2) is 152 Å². The van der Waals surface area contributed by atoms with Crippen LogP contribution in [0.25, 0.3) is 66.1 Å². The lowest BCUT2D eigenvalue weighted by atomic mass is 9.95. The van der Waals surface area contributed by atoms with Crippen molar-refractivity contribution in [3.8, 4) is 39.4 Å². The summed E-state index contributed by atoms with van der Waals surface area (Å²) in [6.07, 6.45) is 0.190. The number of nitrogen functional groups attached to an aromatic ring is 1. The van der Waals surface area contributed by atoms with Crippen LogP contribution < -0.4 is 32.3 Å². The Morgan fingerprint density at radius 1 is 0.565 bits per heavy atom. The van der Waals surface area contributed by atoms with Crippen LogP contribution >= 0.6 is 11.6 Å². The first-order valence-electron chi connectivity index (χ1n) is 29.5. The summed E-state index contributed by atoms with van der Waals surface area (Å²) in [5.41, 5.74) is 14.3. The van der Waals surface area contributed by atoms with Gasteiger partial charge in [0.2, 0.25) is 0 Å². The molecule has 92 heavy (non-hydrogen) atoms. The molecule has 3 atom stereocenters. The molecule has 0 fully saturated rings. The number of nitrogens with zero attached hydrogens (tertiary/aromatic N) is 6. The third-order valence-electron chi connectivity index (χ3n) is 13.9. The molecule has 10 aromatic rings. The van der Waals surface area contributed by atoms with Gasteiger partial charge in [0, 0.05) is 45.9 Å². The summed E-state index contributed by atoms with van der Waals surface area (Å²) in [7, 11) is 0. The quantitative estimate of drug-likeness (QED) is 0.0447. The third-order valence-corrected chi connectivity index (χ3v) is 14.3. The number of aliphatic hydroxyl groups is 2. The summed E-state index contributed by atoms with van der Waals surface area (Å²) in [5.74, 6) is -0.777. The molecular formula is C70H72ClF3N12O6. The van der Waals surface area contributed by atoms with E-state index in [-0.39, 0.29) is 55.1 Å². The number of nitrogens with two attached hydrogens (primary N) is 1. The minimum Gasteiger partial charge on any atom is -0.444 e. The highest BCUT2D eigenvalue weighted by molar-refractivity contribution is 6.38. The molecule has 4 heterocycles. The van der Waals surface area contributed by atoms with Gasteiger partial charge in [-0.05, 0) is 134 Å². The summed E-state index contributed by atoms with van der Waals surface area (Å²) in [6.45, 7) is 16.7. The van der Waals surface area contributed by atoms with Gasteiger partial charge in [-0.1, -0.05) is 103 Å². The minimum atomic E-state index is -0.631. The summed E-state index contributed by atoms with van der Waals surface area (Å²) >= 11 is 6.69. The van der Waals surface area contributed by atoms with E-state index in [4.69, 9.17) is 36.8 Å². The van der Waals surface area contributed by atoms with Gasteiger partial charge in [-0.3, -0.25) is 0 Å². The second kappa shape index (κ2) is 30.1. The average molecular weight is 1270 g/mol. The van der Waals surface area contributed by atoms with Crippen molar-refractivity contribution in [1.82, 2.24) is 35.6 Å². The van der Waals surface area contributed by atoms with Crippen LogP contribution in [0, 0.1) is 28.8 Å². The van der Waals surface area contributed by atoms with Gasteiger partial charge in [0.25, 0.3) is 0 Å². The average Bonchev–Trinajstić information content (AvgIpc) is 0.779. The fourth-order valence-electron chi connectivity index (χ4n) is 10.1. The normalized spacial score (nSPS) is 12.2. The number of nitrogens with one attached hydrogen (secondary N) is 5. The number of rotatable bonds is 16. The molecule has 6 aromatic carbocycles. The summed E-state index contributed by atoms with van der Waals surface area (Å²) < 4.78 is 52.8. The number of nitriles is 1. The Morgan fingerprint density at radius 2 is 0.935 bits per heavy atom. The lowest BCUT2D eigenvalue weighted by Gasteiger charge is -2.24. The van der Waals surface area contributed by atoms with Gasteiger partial charge in [0.1, 0.15) is 58.2 Å². The lowest BCUT2D eigenvalue weighted by molar-refractivity contribution is 0.0495. The number of benzene rings is 6. The van der Waals surface area contributed by atoms with E-state index in [0.717, 1.165) is 27.8 Å². The largest absolute Gasteiger partial charge is 0.444 e. The van der Waals surface area contributed by atoms with Crippen molar-refractivity contribution in [2.24, 2.45) is 0 Å². The number of fused-ring (bicyclic) bond motifs is 3. The van der Waals surface area contributed by atoms with Gasteiger partial charge in [-0.25, -0.2) is 47.7 Å². The van der Waals surface area contributed by atoms with Gasteiger partial charge in [-0.15, -0.1) is 0 Å². The number of amides is 2. The fourth-order valence-corrected chi connectivity index (χ4v) is 10.4. The summed E-state index contributed by atoms with van der Waals surface area (Å²) in [4.78, 5) is 47.0. The molecule has 18 nitrogen and oxygen atoms in total. The second-order valence-electron chi connectivity index (χ2n) is 23.3. The molecule has 22 heteroatoms. The van der Waals surface area contributed by atoms with E-state index >= 15 is 0 Å². The molecule has 0 aliphatic heterocycles. The van der Waals surface area contributed by atoms with E-state index < -0.39 is 41.5 Å². The van der Waals surface area contributed by atoms with E-state index in [1.165, 1.54) is 42.7 Å². The molecule has 0 radical (unpaired) electrons. The Morgan fingerprint density at radius 3 is 1.33 bits per heavy atom. The topological polar surface area (TPSA) is 267 Å². The number of hydrogen-bond acceptors (Lipinski definition) is 16. The zero-order chi connectivity index (χ0) is 66.4. The number of hydrogen-bond donors (Lipinski definition) is 8. The SMILES string of the molecule is CC(NC(=O)OC(C)(C)C)c1nc2ccc(F)cc2c(Cl)c1-c1ccccc1.CC(NC(=O)OC(C)(C)C)c1nc2ccc(F)cc2c(NCCO)c1-c1ccccc1.CC(Nc1ncnc(N)c1C#N)c1nc2ccc(F)cc2c(NCCO)c1-c1ccccc1. The molecule has 3 unspecified atom stereocenters. The zero-order valence-electron chi connectivity index (χ0n) is 52.3. The molecule has 0 saturated carbocycles. The molecular weight excluding hydrogens is 1200 g/mol. The Bertz CT molecular complexity index is 4290. The predicted molar refractivity (Wildman–Crippen MR) is 356 cm³/mol. The Hall–Kier alpha value is -10.1. The molecule has 0 aliphatic rings. The van der Waals surface area contributed by atoms with Crippen LogP contribution in [0.5, 0.6) is 0 Å². The van der Waals surface area contributed by atoms with Crippen LogP contribution in [0.2, 0.25) is 5.02 Å². The maximum absolute atomic E-state index is 14.2. The minimum absolute atomic E-state index is 0.0812. The first kappa shape index (κ1) is 67.8. The summed E-state index contributed by atoms with van der Waals surface area (Å²) in [6, 6.07) is 42.3. The van der Waals surface area contributed by atoms with Crippen LogP contribution in [-0.4, -0.2) is 84.8 Å². The molecule has 4 aromatic heterocycles. The second-order valence-corrected chi connectivity index (χ2v) is 23.6. The molecule has 0 bridgehead atoms. The number of halogens is 4. The highest BCUT2D eigenvalue weighted by Crippen LogP contribution is 2.43. The standard InChI is InChI=1S/C24H22FN7O.C24H28FN3O3.C22H22ClFN2O2/c1-14(31-24-18(12-26)23(27)29-13-30-24)21-20(15-5-3-2-4-6-15)22(28-9-10-33)17-11-16(25)7-8-19(17)32-21;1-15(27-23(30)31-24(2,3)4)21-20(16-8-6-5-7-9-16)22(26-12-13-29)18-14-17(25)10-11-19(18)28-21;1-13(25-21(27)28-22(2,3)4)20-18(14-8-6-5-7-9-14)19(23)16-12-15(24)10-11-17(16)26-20/h2-8,11,13-14,33H,9-10H2,1H3,(H,28,32)(H3,27,29,30,31);5-11,14-15,29H,12-13H2,1-4H3,(H,26,28)(H,27,30);5-13H,1-4H3,(H,25,27). The number of anilines is 4. The zero-order valence-corrected chi connectivity index (χ0v) is 53.1. The molecule has 0 spiro atoms. The van der Waals surface area contributed by atoms with Crippen LogP contribution in [0.3, 0.4) is 0 Å². The van der Waals surface area contributed by atoms with Gasteiger partial charge in [-0.2, -0.15) is 5.26 Å². The van der Waals surface area contributed by atoms with Crippen molar-refractivity contribution >= 4 is 79.5 Å². The highest BCUT2D eigenvalue weighted by atomic mass is 35.5. The fraction of sp³-hybridized carbons (Fsp3) is 0.257. The van der Waals surface area contributed by atoms with Crippen molar-refractivity contribution in [1.29, 1.82) is 5.26 Å². The van der Waals surface area contributed by atoms with Gasteiger partial charge >= 0.3 is 12.2 Å². The number of pyridine rings is 3. The number of ether oxygens (including phenoxy) is 2. The van der Waals surface area contributed by atoms with E-state index in [1.54, 1.807) is 59.7 Å². The first-order chi connectivity index (χ1) is 43.9.